The second kappa shape index (κ2) is 22.6. The van der Waals surface area contributed by atoms with Crippen LogP contribution in [0.1, 0.15) is 190 Å². The number of ketones is 2. The van der Waals surface area contributed by atoms with E-state index in [9.17, 15) is 19.8 Å². The summed E-state index contributed by atoms with van der Waals surface area (Å²) in [6.07, 6.45) is 31.6. The van der Waals surface area contributed by atoms with Crippen LogP contribution >= 0.6 is 15.9 Å². The van der Waals surface area contributed by atoms with Gasteiger partial charge in [0.05, 0.1) is 34.8 Å². The number of halogens is 1. The van der Waals surface area contributed by atoms with Gasteiger partial charge in [-0.05, 0) is 266 Å². The van der Waals surface area contributed by atoms with Crippen LogP contribution in [-0.4, -0.2) is 48.1 Å². The minimum atomic E-state index is -0.484. The van der Waals surface area contributed by atoms with Gasteiger partial charge in [0.15, 0.2) is 5.78 Å². The highest BCUT2D eigenvalue weighted by Crippen LogP contribution is 2.71. The highest BCUT2D eigenvalue weighted by molar-refractivity contribution is 9.09. The molecule has 8 heteroatoms. The molecule has 0 spiro atoms. The summed E-state index contributed by atoms with van der Waals surface area (Å²) in [5, 5.41) is 35.3. The molecule has 2 N–H and O–H groups in total. The number of carbonyl (C=O) groups excluding carboxylic acids is 2. The molecule has 8 saturated carbocycles. The first-order chi connectivity index (χ1) is 32.9. The van der Waals surface area contributed by atoms with Crippen molar-refractivity contribution >= 4 is 27.5 Å². The predicted octanol–water partition coefficient (Wildman–Crippen LogP) is 12.2. The van der Waals surface area contributed by atoms with Crippen molar-refractivity contribution in [3.05, 3.63) is 18.0 Å². The Balaban J connectivity index is 0.000000190. The Bertz CT molecular complexity index is 2410. The van der Waals surface area contributed by atoms with Crippen molar-refractivity contribution < 1.29 is 19.8 Å². The van der Waals surface area contributed by atoms with E-state index in [1.165, 1.54) is 83.5 Å². The Morgan fingerprint density at radius 2 is 1.16 bits per heavy atom. The van der Waals surface area contributed by atoms with Crippen LogP contribution in [0.2, 0.25) is 0 Å². The van der Waals surface area contributed by atoms with E-state index < -0.39 is 11.2 Å². The molecule has 0 radical (unpaired) electrons. The molecule has 9 rings (SSSR count). The van der Waals surface area contributed by atoms with E-state index in [4.69, 9.17) is 11.7 Å². The second-order valence-electron chi connectivity index (χ2n) is 24.1. The summed E-state index contributed by atoms with van der Waals surface area (Å²) in [4.78, 5) is 26.0. The van der Waals surface area contributed by atoms with E-state index in [1.807, 2.05) is 6.92 Å². The molecule has 16 atom stereocenters. The number of hydrogen-bond acceptors (Lipinski definition) is 6. The molecule has 8 fully saturated rings. The van der Waals surface area contributed by atoms with Crippen LogP contribution in [0, 0.1) is 152 Å². The Morgan fingerprint density at radius 3 is 1.59 bits per heavy atom. The number of terminal acetylenes is 1. The van der Waals surface area contributed by atoms with Crippen molar-refractivity contribution in [3.8, 4) is 65.8 Å². The summed E-state index contributed by atoms with van der Waals surface area (Å²) in [6.45, 7) is 15.8. The third kappa shape index (κ3) is 10.7. The van der Waals surface area contributed by atoms with Gasteiger partial charge in [0.25, 0.3) is 0 Å². The lowest BCUT2D eigenvalue weighted by Gasteiger charge is -2.63. The zero-order valence-electron chi connectivity index (χ0n) is 43.0. The molecule has 0 saturated heterocycles. The second-order valence-corrected chi connectivity index (χ2v) is 24.7. The van der Waals surface area contributed by atoms with Crippen LogP contribution in [0.3, 0.4) is 0 Å². The number of Topliss-reactive ketones (excluding diaryl/α,β-unsaturated/α-hetero) is 2. The number of alkyl halides is 1. The molecule has 0 aliphatic heterocycles. The van der Waals surface area contributed by atoms with Crippen LogP contribution in [-0.2, 0) is 16.1 Å². The van der Waals surface area contributed by atoms with Gasteiger partial charge >= 0.3 is 0 Å². The number of aliphatic hydroxyl groups is 2. The molecule has 0 amide bonds. The molecule has 8 aliphatic carbocycles. The molecule has 0 unspecified atom stereocenters. The van der Waals surface area contributed by atoms with Crippen molar-refractivity contribution in [2.45, 2.75) is 202 Å². The van der Waals surface area contributed by atoms with Gasteiger partial charge in [-0.1, -0.05) is 57.0 Å². The Labute approximate surface area is 432 Å². The lowest BCUT2D eigenvalue weighted by molar-refractivity contribution is -0.158. The normalized spacial score (nSPS) is 41.2. The number of nitrogens with zero attached hydrogens (tertiary/aromatic N) is 3. The summed E-state index contributed by atoms with van der Waals surface area (Å²) >= 11 is 3.44. The molecule has 0 aromatic carbocycles. The van der Waals surface area contributed by atoms with Crippen molar-refractivity contribution in [1.29, 1.82) is 5.26 Å². The van der Waals surface area contributed by atoms with E-state index in [-0.39, 0.29) is 30.1 Å². The fourth-order valence-electron chi connectivity index (χ4n) is 18.1. The van der Waals surface area contributed by atoms with E-state index in [2.05, 4.69) is 115 Å². The summed E-state index contributed by atoms with van der Waals surface area (Å²) in [5.41, 5.74) is 0.796. The zero-order chi connectivity index (χ0) is 49.8. The first-order valence-corrected chi connectivity index (χ1v) is 27.9. The molecule has 1 aromatic rings. The maximum absolute atomic E-state index is 13.4. The van der Waals surface area contributed by atoms with E-state index >= 15 is 0 Å². The van der Waals surface area contributed by atoms with Crippen molar-refractivity contribution in [2.24, 2.45) is 80.8 Å². The number of hydrogen-bond donors (Lipinski definition) is 2. The predicted molar refractivity (Wildman–Crippen MR) is 284 cm³/mol. The van der Waals surface area contributed by atoms with Crippen molar-refractivity contribution in [3.63, 3.8) is 0 Å². The molecule has 0 bridgehead atoms. The maximum atomic E-state index is 13.4. The van der Waals surface area contributed by atoms with Gasteiger partial charge in [0.2, 0.25) is 0 Å². The fourth-order valence-corrected chi connectivity index (χ4v) is 18.5. The van der Waals surface area contributed by atoms with E-state index in [1.54, 1.807) is 24.0 Å². The van der Waals surface area contributed by atoms with Gasteiger partial charge in [-0.25, -0.2) is 0 Å². The first-order valence-electron chi connectivity index (χ1n) is 26.8. The van der Waals surface area contributed by atoms with E-state index in [0.29, 0.717) is 57.6 Å². The number of fused-ring (bicyclic) bond motifs is 10. The highest BCUT2D eigenvalue weighted by Gasteiger charge is 2.64. The lowest BCUT2D eigenvalue weighted by Crippen LogP contribution is -2.56. The van der Waals surface area contributed by atoms with Crippen molar-refractivity contribution in [2.75, 3.05) is 5.33 Å². The van der Waals surface area contributed by atoms with Crippen LogP contribution in [0.4, 0.5) is 0 Å². The average Bonchev–Trinajstić information content (AvgIpc) is 4.05. The van der Waals surface area contributed by atoms with Gasteiger partial charge < -0.3 is 10.2 Å². The standard InChI is InChI=1S/C27H39N3O2.C23H37BrO2.C11H4.CH4/c1-4-27-12-11-25(2,32)13-19(27)5-6-20-21-7-8-23(26(21,3)10-9-22(20)27)24(31)17-30-16-18(14-28)15-29-30;1-4-23-12-11-21(2,26)13-15(23)5-6-16-17-7-8-19(20(25)14-24)22(17,3)10-9-18(16)23;1-3-5-7-9-11-10-8-6-4-2;/h15-16,19-23,32H,4-13,17H2,1-3H3;15-19,26H,4-14H2,1-3H3;1H,2H3;1H4/t19-,20+,21+,22+,23-,25-,26+,27+;15-,16+,17+,18+,19-,21-,22+,23+;;/m11../s1. The molecule has 378 valence electrons. The molecular weight excluding hydrogens is 931 g/mol. The third-order valence-electron chi connectivity index (χ3n) is 21.2. The first kappa shape index (κ1) is 55.6. The topological polar surface area (TPSA) is 116 Å². The molecular formula is C62H84BrN3O4. The lowest BCUT2D eigenvalue weighted by atomic mass is 9.42. The summed E-state index contributed by atoms with van der Waals surface area (Å²) < 4.78 is 1.65. The van der Waals surface area contributed by atoms with Gasteiger partial charge in [-0.3, -0.25) is 14.3 Å². The average molecular weight is 1020 g/mol. The molecule has 1 heterocycles. The van der Waals surface area contributed by atoms with Crippen LogP contribution in [0.5, 0.6) is 0 Å². The highest BCUT2D eigenvalue weighted by atomic mass is 79.9. The summed E-state index contributed by atoms with van der Waals surface area (Å²) in [5.74, 6) is 29.0. The van der Waals surface area contributed by atoms with Gasteiger partial charge in [0.1, 0.15) is 11.9 Å². The van der Waals surface area contributed by atoms with Crippen LogP contribution < -0.4 is 0 Å². The number of aromatic nitrogens is 2. The van der Waals surface area contributed by atoms with Crippen LogP contribution in [0.15, 0.2) is 12.4 Å². The summed E-state index contributed by atoms with van der Waals surface area (Å²) in [7, 11) is 0. The smallest absolute Gasteiger partial charge is 0.157 e. The minimum Gasteiger partial charge on any atom is -0.390 e. The number of carbonyl (C=O) groups is 2. The monoisotopic (exact) mass is 1010 g/mol. The Kier molecular flexibility index (Phi) is 17.9. The van der Waals surface area contributed by atoms with Crippen molar-refractivity contribution in [1.82, 2.24) is 9.78 Å². The summed E-state index contributed by atoms with van der Waals surface area (Å²) in [6, 6.07) is 2.10. The fraction of sp³-hybridized carbons (Fsp3) is 0.742. The number of nitriles is 1. The molecule has 1 aromatic heterocycles. The minimum absolute atomic E-state index is 0. The Morgan fingerprint density at radius 1 is 0.686 bits per heavy atom. The van der Waals surface area contributed by atoms with Gasteiger partial charge in [0, 0.05) is 18.0 Å². The molecule has 8 aliphatic rings. The number of rotatable bonds is 7. The maximum Gasteiger partial charge on any atom is 0.157 e. The SMILES string of the molecule is C.C#CC#CC#CC#CC#CC.CC[C@]12CC[C@@](C)(O)C[C@H]1CC[C@H]1[C@@H]3CC[C@H](C(=O)CBr)[C@@]3(C)CC[C@@H]12.CC[C@]12CC[C@@](C)(O)C[C@H]1CC[C@H]1[C@@H]3CC[C@H](C(=O)Cn4cc(C#N)cn4)[C@@]3(C)CC[C@@H]12. The molecule has 70 heavy (non-hydrogen) atoms. The largest absolute Gasteiger partial charge is 0.390 e. The third-order valence-corrected chi connectivity index (χ3v) is 21.7. The van der Waals surface area contributed by atoms with Gasteiger partial charge in [-0.15, -0.1) is 6.42 Å². The zero-order valence-corrected chi connectivity index (χ0v) is 44.6. The van der Waals surface area contributed by atoms with Gasteiger partial charge in [-0.2, -0.15) is 10.4 Å². The Hall–Kier alpha value is -3.76. The van der Waals surface area contributed by atoms with Crippen LogP contribution in [0.25, 0.3) is 0 Å². The van der Waals surface area contributed by atoms with E-state index in [0.717, 1.165) is 74.5 Å². The quantitative estimate of drug-likeness (QED) is 0.208. The molecule has 7 nitrogen and oxygen atoms in total.